The number of nitrogens with zero attached hydrogens (tertiary/aromatic N) is 1. The summed E-state index contributed by atoms with van der Waals surface area (Å²) >= 11 is 0. The highest BCUT2D eigenvalue weighted by Crippen LogP contribution is 2.28. The van der Waals surface area contributed by atoms with Crippen molar-refractivity contribution in [3.63, 3.8) is 0 Å². The number of amides is 1. The number of carbonyl (C=O) groups excluding carboxylic acids is 1. The molecule has 0 spiro atoms. The summed E-state index contributed by atoms with van der Waals surface area (Å²) in [5.41, 5.74) is 3.66. The molecule has 1 N–H and O–H groups in total. The minimum Gasteiger partial charge on any atom is -0.321 e. The summed E-state index contributed by atoms with van der Waals surface area (Å²) in [4.78, 5) is 13.1. The van der Waals surface area contributed by atoms with E-state index in [2.05, 4.69) is 19.2 Å². The van der Waals surface area contributed by atoms with Crippen LogP contribution in [0.25, 0.3) is 0 Å². The van der Waals surface area contributed by atoms with E-state index in [1.165, 1.54) is 16.4 Å². The van der Waals surface area contributed by atoms with Crippen molar-refractivity contribution in [1.29, 1.82) is 0 Å². The van der Waals surface area contributed by atoms with Crippen LogP contribution in [0.5, 0.6) is 0 Å². The summed E-state index contributed by atoms with van der Waals surface area (Å²) in [6.07, 6.45) is 0. The van der Waals surface area contributed by atoms with Gasteiger partial charge >= 0.3 is 0 Å². The molecule has 3 aromatic rings. The molecular formula is C25H28N2O3S. The molecule has 0 aliphatic carbocycles. The molecule has 5 nitrogen and oxygen atoms in total. The topological polar surface area (TPSA) is 66.5 Å². The number of anilines is 2. The summed E-state index contributed by atoms with van der Waals surface area (Å²) in [7, 11) is -3.81. The number of sulfonamides is 1. The standard InChI is InChI=1S/C25H28N2O3S/c1-5-27(21-13-7-6-8-14-21)31(29,30)22-15-10-12-20(17-22)25(28)26-24-19(4)11-9-16-23(24)18(2)3/h6-18H,5H2,1-4H3,(H,26,28). The number of para-hydroxylation sites is 2. The van der Waals surface area contributed by atoms with E-state index in [1.807, 2.05) is 31.2 Å². The Kier molecular flexibility index (Phi) is 6.81. The van der Waals surface area contributed by atoms with Crippen LogP contribution in [-0.4, -0.2) is 20.9 Å². The molecule has 0 radical (unpaired) electrons. The second-order valence-corrected chi connectivity index (χ2v) is 9.54. The first kappa shape index (κ1) is 22.6. The highest BCUT2D eigenvalue weighted by atomic mass is 32.2. The molecule has 162 valence electrons. The van der Waals surface area contributed by atoms with Gasteiger partial charge in [0, 0.05) is 17.8 Å². The van der Waals surface area contributed by atoms with Gasteiger partial charge in [-0.15, -0.1) is 0 Å². The SMILES string of the molecule is CCN(c1ccccc1)S(=O)(=O)c1cccc(C(=O)Nc2c(C)cccc2C(C)C)c1. The van der Waals surface area contributed by atoms with Crippen LogP contribution in [0, 0.1) is 6.92 Å². The first-order valence-corrected chi connectivity index (χ1v) is 11.8. The number of aryl methyl sites for hydroxylation is 1. The van der Waals surface area contributed by atoms with Gasteiger partial charge in [-0.2, -0.15) is 0 Å². The lowest BCUT2D eigenvalue weighted by Crippen LogP contribution is -2.31. The van der Waals surface area contributed by atoms with Crippen molar-refractivity contribution >= 4 is 27.3 Å². The van der Waals surface area contributed by atoms with Gasteiger partial charge in [0.1, 0.15) is 0 Å². The van der Waals surface area contributed by atoms with E-state index in [0.717, 1.165) is 16.8 Å². The van der Waals surface area contributed by atoms with Crippen molar-refractivity contribution in [3.05, 3.63) is 89.5 Å². The van der Waals surface area contributed by atoms with Crippen molar-refractivity contribution < 1.29 is 13.2 Å². The Balaban J connectivity index is 1.94. The maximum Gasteiger partial charge on any atom is 0.264 e. The number of carbonyl (C=O) groups is 1. The molecule has 0 unspecified atom stereocenters. The van der Waals surface area contributed by atoms with Crippen molar-refractivity contribution in [1.82, 2.24) is 0 Å². The third-order valence-electron chi connectivity index (χ3n) is 5.18. The molecule has 0 atom stereocenters. The molecule has 3 rings (SSSR count). The molecule has 3 aromatic carbocycles. The Labute approximate surface area is 184 Å². The summed E-state index contributed by atoms with van der Waals surface area (Å²) in [5.74, 6) is -0.0955. The van der Waals surface area contributed by atoms with E-state index in [0.29, 0.717) is 11.3 Å². The van der Waals surface area contributed by atoms with Crippen molar-refractivity contribution in [2.75, 3.05) is 16.2 Å². The zero-order valence-corrected chi connectivity index (χ0v) is 19.1. The summed E-state index contributed by atoms with van der Waals surface area (Å²) in [5, 5.41) is 2.98. The fraction of sp³-hybridized carbons (Fsp3) is 0.240. The molecule has 0 saturated carbocycles. The van der Waals surface area contributed by atoms with E-state index < -0.39 is 10.0 Å². The van der Waals surface area contributed by atoms with Crippen LogP contribution < -0.4 is 9.62 Å². The average Bonchev–Trinajstić information content (AvgIpc) is 2.76. The fourth-order valence-corrected chi connectivity index (χ4v) is 5.06. The largest absolute Gasteiger partial charge is 0.321 e. The van der Waals surface area contributed by atoms with Crippen LogP contribution in [0.4, 0.5) is 11.4 Å². The Morgan fingerprint density at radius 3 is 2.29 bits per heavy atom. The van der Waals surface area contributed by atoms with Gasteiger partial charge in [0.2, 0.25) is 0 Å². The lowest BCUT2D eigenvalue weighted by molar-refractivity contribution is 0.102. The molecule has 6 heteroatoms. The molecular weight excluding hydrogens is 408 g/mol. The van der Waals surface area contributed by atoms with Crippen LogP contribution >= 0.6 is 0 Å². The second kappa shape index (κ2) is 9.35. The zero-order chi connectivity index (χ0) is 22.6. The van der Waals surface area contributed by atoms with Gasteiger partial charge in [-0.3, -0.25) is 9.10 Å². The van der Waals surface area contributed by atoms with Crippen LogP contribution in [0.15, 0.2) is 77.7 Å². The fourth-order valence-electron chi connectivity index (χ4n) is 3.54. The van der Waals surface area contributed by atoms with E-state index in [4.69, 9.17) is 0 Å². The maximum absolute atomic E-state index is 13.3. The van der Waals surface area contributed by atoms with Crippen LogP contribution in [-0.2, 0) is 10.0 Å². The first-order chi connectivity index (χ1) is 14.8. The highest BCUT2D eigenvalue weighted by molar-refractivity contribution is 7.92. The first-order valence-electron chi connectivity index (χ1n) is 10.3. The molecule has 31 heavy (non-hydrogen) atoms. The van der Waals surface area contributed by atoms with Gasteiger partial charge < -0.3 is 5.32 Å². The maximum atomic E-state index is 13.3. The molecule has 1 amide bonds. The third-order valence-corrected chi connectivity index (χ3v) is 7.08. The molecule has 0 aromatic heterocycles. The third kappa shape index (κ3) is 4.80. The lowest BCUT2D eigenvalue weighted by Gasteiger charge is -2.23. The predicted molar refractivity (Wildman–Crippen MR) is 126 cm³/mol. The molecule has 0 aliphatic rings. The van der Waals surface area contributed by atoms with Crippen LogP contribution in [0.2, 0.25) is 0 Å². The smallest absolute Gasteiger partial charge is 0.264 e. The summed E-state index contributed by atoms with van der Waals surface area (Å²) < 4.78 is 27.9. The predicted octanol–water partition coefficient (Wildman–Crippen LogP) is 5.59. The normalized spacial score (nSPS) is 11.4. The Morgan fingerprint density at radius 2 is 1.65 bits per heavy atom. The average molecular weight is 437 g/mol. The lowest BCUT2D eigenvalue weighted by atomic mass is 9.98. The van der Waals surface area contributed by atoms with Gasteiger partial charge in [0.15, 0.2) is 0 Å². The number of benzene rings is 3. The quantitative estimate of drug-likeness (QED) is 0.525. The number of hydrogen-bond acceptors (Lipinski definition) is 3. The minimum absolute atomic E-state index is 0.0831. The zero-order valence-electron chi connectivity index (χ0n) is 18.3. The number of hydrogen-bond donors (Lipinski definition) is 1. The van der Waals surface area contributed by atoms with Crippen LogP contribution in [0.3, 0.4) is 0 Å². The molecule has 0 saturated heterocycles. The van der Waals surface area contributed by atoms with Gasteiger partial charge in [-0.25, -0.2) is 8.42 Å². The Hall–Kier alpha value is -3.12. The van der Waals surface area contributed by atoms with Gasteiger partial charge in [0.05, 0.1) is 10.6 Å². The molecule has 0 fully saturated rings. The molecule has 0 bridgehead atoms. The Bertz CT molecular complexity index is 1170. The van der Waals surface area contributed by atoms with E-state index >= 15 is 0 Å². The monoisotopic (exact) mass is 436 g/mol. The highest BCUT2D eigenvalue weighted by Gasteiger charge is 2.24. The molecule has 0 aliphatic heterocycles. The Morgan fingerprint density at radius 1 is 0.968 bits per heavy atom. The van der Waals surface area contributed by atoms with Crippen molar-refractivity contribution in [2.45, 2.75) is 38.5 Å². The van der Waals surface area contributed by atoms with Crippen molar-refractivity contribution in [3.8, 4) is 0 Å². The number of nitrogens with one attached hydrogen (secondary N) is 1. The summed E-state index contributed by atoms with van der Waals surface area (Å²) in [6, 6.07) is 21.0. The summed E-state index contributed by atoms with van der Waals surface area (Å²) in [6.45, 7) is 8.15. The van der Waals surface area contributed by atoms with E-state index in [-0.39, 0.29) is 23.3 Å². The van der Waals surface area contributed by atoms with E-state index in [9.17, 15) is 13.2 Å². The van der Waals surface area contributed by atoms with Gasteiger partial charge in [0.25, 0.3) is 15.9 Å². The number of rotatable bonds is 7. The minimum atomic E-state index is -3.81. The molecule has 0 heterocycles. The second-order valence-electron chi connectivity index (χ2n) is 7.68. The van der Waals surface area contributed by atoms with Crippen molar-refractivity contribution in [2.24, 2.45) is 0 Å². The van der Waals surface area contributed by atoms with E-state index in [1.54, 1.807) is 43.3 Å². The van der Waals surface area contributed by atoms with Gasteiger partial charge in [-0.1, -0.05) is 56.3 Å². The van der Waals surface area contributed by atoms with Gasteiger partial charge in [-0.05, 0) is 61.2 Å². The van der Waals surface area contributed by atoms with Crippen LogP contribution in [0.1, 0.15) is 48.2 Å².